The lowest BCUT2D eigenvalue weighted by Crippen LogP contribution is -2.35. The Balaban J connectivity index is 0.000000187. The molecule has 0 aliphatic heterocycles. The molecule has 6 rings (SSSR count). The number of H-pyrrole nitrogens is 2. The van der Waals surface area contributed by atoms with Gasteiger partial charge in [0, 0.05) is 25.2 Å². The maximum absolute atomic E-state index is 12.4. The SMILES string of the molecule is CC(C)C.CCn1c(=O)[nH]c2oc(=O)cc(CCC3CCC3)c2c1=O.CCn1c(=O)[nH]c2oc(=O)cc(CCCC3CC3)c2c1=O. The van der Waals surface area contributed by atoms with Crippen LogP contribution in [0.15, 0.2) is 49.7 Å². The first kappa shape index (κ1) is 34.6. The van der Waals surface area contributed by atoms with Gasteiger partial charge in [-0.05, 0) is 68.4 Å². The summed E-state index contributed by atoms with van der Waals surface area (Å²) in [7, 11) is 0. The molecule has 0 atom stereocenters. The van der Waals surface area contributed by atoms with Gasteiger partial charge in [0.1, 0.15) is 10.8 Å². The van der Waals surface area contributed by atoms with Crippen molar-refractivity contribution in [1.29, 1.82) is 0 Å². The molecule has 0 spiro atoms. The first-order valence-corrected chi connectivity index (χ1v) is 16.5. The molecule has 12 nitrogen and oxygen atoms in total. The van der Waals surface area contributed by atoms with Crippen molar-refractivity contribution < 1.29 is 8.83 Å². The van der Waals surface area contributed by atoms with E-state index in [1.54, 1.807) is 13.8 Å². The van der Waals surface area contributed by atoms with Crippen molar-refractivity contribution in [3.63, 3.8) is 0 Å². The zero-order chi connectivity index (χ0) is 33.5. The fraction of sp³-hybridized carbons (Fsp3) is 0.588. The van der Waals surface area contributed by atoms with Gasteiger partial charge in [-0.1, -0.05) is 59.3 Å². The Hall–Kier alpha value is -4.22. The molecule has 2 aliphatic carbocycles. The zero-order valence-corrected chi connectivity index (χ0v) is 27.5. The first-order valence-electron chi connectivity index (χ1n) is 16.5. The average Bonchev–Trinajstić information content (AvgIpc) is 3.76. The fourth-order valence-corrected chi connectivity index (χ4v) is 5.61. The Morgan fingerprint density at radius 1 is 0.696 bits per heavy atom. The van der Waals surface area contributed by atoms with Gasteiger partial charge in [0.2, 0.25) is 11.4 Å². The summed E-state index contributed by atoms with van der Waals surface area (Å²) >= 11 is 0. The lowest BCUT2D eigenvalue weighted by molar-refractivity contribution is 0.296. The quantitative estimate of drug-likeness (QED) is 0.271. The van der Waals surface area contributed by atoms with Crippen LogP contribution in [0.25, 0.3) is 22.2 Å². The van der Waals surface area contributed by atoms with E-state index in [1.807, 2.05) is 0 Å². The third-order valence-corrected chi connectivity index (χ3v) is 8.37. The number of aryl methyl sites for hydroxylation is 2. The molecule has 0 unspecified atom stereocenters. The van der Waals surface area contributed by atoms with E-state index in [2.05, 4.69) is 30.7 Å². The van der Waals surface area contributed by atoms with E-state index < -0.39 is 22.6 Å². The van der Waals surface area contributed by atoms with E-state index in [-0.39, 0.29) is 35.6 Å². The van der Waals surface area contributed by atoms with E-state index in [0.717, 1.165) is 40.2 Å². The lowest BCUT2D eigenvalue weighted by Gasteiger charge is -2.25. The van der Waals surface area contributed by atoms with E-state index >= 15 is 0 Å². The van der Waals surface area contributed by atoms with Gasteiger partial charge >= 0.3 is 22.6 Å². The summed E-state index contributed by atoms with van der Waals surface area (Å²) < 4.78 is 12.2. The maximum Gasteiger partial charge on any atom is 0.337 e. The number of nitrogens with zero attached hydrogens (tertiary/aromatic N) is 2. The highest BCUT2D eigenvalue weighted by Gasteiger charge is 2.22. The van der Waals surface area contributed by atoms with Gasteiger partial charge in [0.05, 0.1) is 0 Å². The zero-order valence-electron chi connectivity index (χ0n) is 27.5. The second-order valence-corrected chi connectivity index (χ2v) is 13.0. The van der Waals surface area contributed by atoms with Crippen LogP contribution < -0.4 is 33.7 Å². The second-order valence-electron chi connectivity index (χ2n) is 13.0. The van der Waals surface area contributed by atoms with Crippen LogP contribution in [0.4, 0.5) is 0 Å². The molecule has 4 aromatic rings. The van der Waals surface area contributed by atoms with Crippen LogP contribution in [0.1, 0.15) is 97.1 Å². The standard InChI is InChI=1S/2C15H18N2O4.C4H10/c1-2-17-14(19)12-10(5-3-4-9-6-7-9)8-11(18)21-13(12)16-15(17)20;1-2-17-14(19)12-10(7-6-9-4-3-5-9)8-11(18)21-13(12)16-15(17)20;1-4(2)3/h2*8-9H,2-7H2,1H3,(H,16,20);4H,1-3H3. The third kappa shape index (κ3) is 8.52. The van der Waals surface area contributed by atoms with Crippen LogP contribution in [0.2, 0.25) is 0 Å². The van der Waals surface area contributed by atoms with Crippen molar-refractivity contribution >= 4 is 22.2 Å². The minimum Gasteiger partial charge on any atom is -0.405 e. The highest BCUT2D eigenvalue weighted by atomic mass is 16.4. The molecule has 12 heteroatoms. The summed E-state index contributed by atoms with van der Waals surface area (Å²) in [5.41, 5.74) is -1.60. The number of hydrogen-bond acceptors (Lipinski definition) is 8. The molecular weight excluding hydrogens is 592 g/mol. The molecular formula is C34H46N4O8. The number of aromatic amines is 2. The minimum atomic E-state index is -0.548. The third-order valence-electron chi connectivity index (χ3n) is 8.37. The molecule has 250 valence electrons. The van der Waals surface area contributed by atoms with Crippen LogP contribution in [-0.2, 0) is 25.9 Å². The molecule has 2 fully saturated rings. The van der Waals surface area contributed by atoms with Crippen molar-refractivity contribution in [2.75, 3.05) is 0 Å². The summed E-state index contributed by atoms with van der Waals surface area (Å²) in [5, 5.41) is 0.655. The largest absolute Gasteiger partial charge is 0.405 e. The highest BCUT2D eigenvalue weighted by molar-refractivity contribution is 5.76. The summed E-state index contributed by atoms with van der Waals surface area (Å²) in [5.74, 6) is 2.33. The van der Waals surface area contributed by atoms with Crippen LogP contribution in [-0.4, -0.2) is 19.1 Å². The van der Waals surface area contributed by atoms with Crippen molar-refractivity contribution in [3.8, 4) is 0 Å². The predicted octanol–water partition coefficient (Wildman–Crippen LogP) is 4.45. The van der Waals surface area contributed by atoms with E-state index in [0.29, 0.717) is 40.7 Å². The molecule has 4 aromatic heterocycles. The van der Waals surface area contributed by atoms with Gasteiger partial charge in [-0.3, -0.25) is 28.7 Å². The predicted molar refractivity (Wildman–Crippen MR) is 178 cm³/mol. The number of nitrogens with one attached hydrogen (secondary N) is 2. The van der Waals surface area contributed by atoms with Gasteiger partial charge in [-0.25, -0.2) is 19.2 Å². The van der Waals surface area contributed by atoms with Crippen LogP contribution >= 0.6 is 0 Å². The Labute approximate surface area is 265 Å². The van der Waals surface area contributed by atoms with Crippen molar-refractivity contribution in [2.45, 2.75) is 112 Å². The molecule has 0 aromatic carbocycles. The monoisotopic (exact) mass is 638 g/mol. The van der Waals surface area contributed by atoms with Gasteiger partial charge in [0.15, 0.2) is 0 Å². The van der Waals surface area contributed by atoms with Crippen molar-refractivity contribution in [1.82, 2.24) is 19.1 Å². The number of aromatic nitrogens is 4. The summed E-state index contributed by atoms with van der Waals surface area (Å²) in [6.45, 7) is 10.5. The molecule has 0 radical (unpaired) electrons. The molecule has 46 heavy (non-hydrogen) atoms. The number of hydrogen-bond donors (Lipinski definition) is 2. The molecule has 2 N–H and O–H groups in total. The van der Waals surface area contributed by atoms with Gasteiger partial charge in [-0.15, -0.1) is 0 Å². The fourth-order valence-electron chi connectivity index (χ4n) is 5.61. The summed E-state index contributed by atoms with van der Waals surface area (Å²) in [4.78, 5) is 76.5. The number of fused-ring (bicyclic) bond motifs is 2. The van der Waals surface area contributed by atoms with Crippen LogP contribution in [0.3, 0.4) is 0 Å². The summed E-state index contributed by atoms with van der Waals surface area (Å²) in [6.07, 6.45) is 10.6. The van der Waals surface area contributed by atoms with E-state index in [4.69, 9.17) is 8.83 Å². The lowest BCUT2D eigenvalue weighted by atomic mass is 9.81. The Morgan fingerprint density at radius 3 is 1.52 bits per heavy atom. The highest BCUT2D eigenvalue weighted by Crippen LogP contribution is 2.34. The molecule has 0 amide bonds. The first-order chi connectivity index (χ1) is 21.9. The molecule has 0 saturated heterocycles. The molecule has 0 bridgehead atoms. The second kappa shape index (κ2) is 15.4. The average molecular weight is 639 g/mol. The van der Waals surface area contributed by atoms with Crippen molar-refractivity contribution in [3.05, 3.63) is 85.8 Å². The van der Waals surface area contributed by atoms with Crippen molar-refractivity contribution in [2.24, 2.45) is 17.8 Å². The number of rotatable bonds is 9. The smallest absolute Gasteiger partial charge is 0.337 e. The topological polar surface area (TPSA) is 170 Å². The van der Waals surface area contributed by atoms with Gasteiger partial charge in [-0.2, -0.15) is 0 Å². The Morgan fingerprint density at radius 2 is 1.13 bits per heavy atom. The van der Waals surface area contributed by atoms with Gasteiger partial charge in [0.25, 0.3) is 11.1 Å². The van der Waals surface area contributed by atoms with E-state index in [9.17, 15) is 28.8 Å². The molecule has 4 heterocycles. The van der Waals surface area contributed by atoms with Crippen LogP contribution in [0, 0.1) is 17.8 Å². The van der Waals surface area contributed by atoms with Crippen LogP contribution in [0.5, 0.6) is 0 Å². The van der Waals surface area contributed by atoms with E-state index in [1.165, 1.54) is 44.2 Å². The van der Waals surface area contributed by atoms with Gasteiger partial charge < -0.3 is 8.83 Å². The molecule has 2 aliphatic rings. The normalized spacial score (nSPS) is 14.5. The Kier molecular flexibility index (Phi) is 11.6. The minimum absolute atomic E-state index is 0.00851. The maximum atomic E-state index is 12.4. The Bertz CT molecular complexity index is 2010. The molecule has 2 saturated carbocycles. The summed E-state index contributed by atoms with van der Waals surface area (Å²) in [6, 6.07) is 2.75.